The van der Waals surface area contributed by atoms with Crippen LogP contribution in [0.2, 0.25) is 0 Å². The maximum atomic E-state index is 12.8. The summed E-state index contributed by atoms with van der Waals surface area (Å²) in [5.74, 6) is 1.72. The van der Waals surface area contributed by atoms with Crippen molar-refractivity contribution >= 4 is 5.97 Å². The Kier molecular flexibility index (Phi) is 5.38. The minimum absolute atomic E-state index is 0.00391. The van der Waals surface area contributed by atoms with E-state index in [0.29, 0.717) is 23.2 Å². The molecule has 192 valence electrons. The van der Waals surface area contributed by atoms with Crippen LogP contribution in [0.15, 0.2) is 11.6 Å². The maximum Gasteiger partial charge on any atom is 0.311 e. The van der Waals surface area contributed by atoms with E-state index in [1.165, 1.54) is 32.1 Å². The Morgan fingerprint density at radius 3 is 2.26 bits per heavy atom. The highest BCUT2D eigenvalue weighted by molar-refractivity contribution is 5.76. The first-order valence-electron chi connectivity index (χ1n) is 14.2. The fourth-order valence-corrected chi connectivity index (χ4v) is 10.8. The normalized spacial score (nSPS) is 54.0. The van der Waals surface area contributed by atoms with Gasteiger partial charge in [0.2, 0.25) is 0 Å². The molecule has 0 aromatic carbocycles. The molecule has 1 N–H and O–H groups in total. The van der Waals surface area contributed by atoms with Gasteiger partial charge >= 0.3 is 5.97 Å². The molecule has 34 heavy (non-hydrogen) atoms. The van der Waals surface area contributed by atoms with Crippen LogP contribution in [0, 0.1) is 50.2 Å². The lowest BCUT2D eigenvalue weighted by atomic mass is 9.33. The molecule has 0 heterocycles. The van der Waals surface area contributed by atoms with Crippen LogP contribution in [-0.2, 0) is 9.53 Å². The molecule has 0 radical (unpaired) electrons. The van der Waals surface area contributed by atoms with Gasteiger partial charge in [0.1, 0.15) is 0 Å². The molecule has 3 nitrogen and oxygen atoms in total. The number of rotatable bonds is 1. The molecule has 0 saturated heterocycles. The van der Waals surface area contributed by atoms with E-state index in [9.17, 15) is 9.90 Å². The van der Waals surface area contributed by atoms with Crippen molar-refractivity contribution in [1.82, 2.24) is 0 Å². The smallest absolute Gasteiger partial charge is 0.311 e. The SMILES string of the molecule is COC(=O)[C@]1(C)CC[C@]2(C)CC[C@]3(C)C(=CC[C@@H]4[C@]5(C)CC[C@H](O)C(C)(C)[C@@H]5CC[C@@]43C)[C@H]2C1. The van der Waals surface area contributed by atoms with E-state index < -0.39 is 0 Å². The number of allylic oxidation sites excluding steroid dienone is 2. The predicted molar refractivity (Wildman–Crippen MR) is 137 cm³/mol. The van der Waals surface area contributed by atoms with Gasteiger partial charge in [-0.1, -0.05) is 53.2 Å². The quantitative estimate of drug-likeness (QED) is 0.322. The standard InChI is InChI=1S/C31H50O3/c1-26(2)22-11-14-31(7)23(29(22,5)13-12-24(26)32)10-9-20-21-19-28(4,25(33)34-8)16-15-27(21,3)17-18-30(20,31)6/h9,21-24,32H,10-19H2,1-8H3/t21-,22+,23-,24+,27-,28-,29-,30-,31+/m1/s1. The van der Waals surface area contributed by atoms with E-state index in [4.69, 9.17) is 4.74 Å². The summed E-state index contributed by atoms with van der Waals surface area (Å²) >= 11 is 0. The van der Waals surface area contributed by atoms with Gasteiger partial charge in [0.25, 0.3) is 0 Å². The molecule has 0 aromatic rings. The van der Waals surface area contributed by atoms with Gasteiger partial charge in [-0.05, 0) is 116 Å². The first kappa shape index (κ1) is 24.8. The Morgan fingerprint density at radius 1 is 0.912 bits per heavy atom. The number of methoxy groups -OCH3 is 1. The number of carbonyl (C=O) groups is 1. The van der Waals surface area contributed by atoms with Crippen LogP contribution in [0.3, 0.4) is 0 Å². The Hall–Kier alpha value is -0.830. The molecule has 0 aromatic heterocycles. The average Bonchev–Trinajstić information content (AvgIpc) is 2.77. The van der Waals surface area contributed by atoms with Gasteiger partial charge in [-0.2, -0.15) is 0 Å². The van der Waals surface area contributed by atoms with Crippen LogP contribution < -0.4 is 0 Å². The van der Waals surface area contributed by atoms with E-state index >= 15 is 0 Å². The van der Waals surface area contributed by atoms with Gasteiger partial charge in [0, 0.05) is 0 Å². The van der Waals surface area contributed by atoms with Gasteiger partial charge in [0.15, 0.2) is 0 Å². The molecule has 9 atom stereocenters. The highest BCUT2D eigenvalue weighted by Crippen LogP contribution is 2.75. The lowest BCUT2D eigenvalue weighted by molar-refractivity contribution is -0.203. The van der Waals surface area contributed by atoms with Crippen molar-refractivity contribution in [2.75, 3.05) is 7.11 Å². The first-order valence-corrected chi connectivity index (χ1v) is 14.2. The van der Waals surface area contributed by atoms with E-state index in [1.807, 2.05) is 0 Å². The number of aliphatic hydroxyl groups is 1. The number of hydrogen-bond donors (Lipinski definition) is 1. The molecule has 0 amide bonds. The van der Waals surface area contributed by atoms with Gasteiger partial charge in [-0.15, -0.1) is 0 Å². The molecule has 0 aliphatic heterocycles. The third kappa shape index (κ3) is 2.94. The second-order valence-electron chi connectivity index (χ2n) is 15.1. The Balaban J connectivity index is 1.56. The van der Waals surface area contributed by atoms with Crippen molar-refractivity contribution < 1.29 is 14.6 Å². The van der Waals surface area contributed by atoms with Crippen molar-refractivity contribution in [2.24, 2.45) is 50.2 Å². The molecule has 5 rings (SSSR count). The molecule has 0 unspecified atom stereocenters. The minimum Gasteiger partial charge on any atom is -0.469 e. The van der Waals surface area contributed by atoms with E-state index in [0.717, 1.165) is 32.1 Å². The Labute approximate surface area is 208 Å². The second kappa shape index (κ2) is 7.36. The van der Waals surface area contributed by atoms with E-state index in [-0.39, 0.29) is 39.1 Å². The monoisotopic (exact) mass is 470 g/mol. The predicted octanol–water partition coefficient (Wildman–Crippen LogP) is 7.32. The van der Waals surface area contributed by atoms with E-state index in [1.54, 1.807) is 12.7 Å². The van der Waals surface area contributed by atoms with Gasteiger partial charge in [-0.25, -0.2) is 0 Å². The number of aliphatic hydroxyl groups excluding tert-OH is 1. The van der Waals surface area contributed by atoms with Crippen LogP contribution in [0.5, 0.6) is 0 Å². The number of ether oxygens (including phenoxy) is 1. The fourth-order valence-electron chi connectivity index (χ4n) is 10.8. The molecule has 5 aliphatic rings. The molecule has 5 aliphatic carbocycles. The number of fused-ring (bicyclic) bond motifs is 7. The first-order chi connectivity index (χ1) is 15.7. The lowest BCUT2D eigenvalue weighted by Gasteiger charge is -2.71. The highest BCUT2D eigenvalue weighted by Gasteiger charge is 2.68. The van der Waals surface area contributed by atoms with Crippen molar-refractivity contribution in [1.29, 1.82) is 0 Å². The topological polar surface area (TPSA) is 46.5 Å². The van der Waals surface area contributed by atoms with Crippen LogP contribution in [0.25, 0.3) is 0 Å². The Bertz CT molecular complexity index is 904. The third-order valence-electron chi connectivity index (χ3n) is 13.5. The van der Waals surface area contributed by atoms with E-state index in [2.05, 4.69) is 54.5 Å². The van der Waals surface area contributed by atoms with Crippen molar-refractivity contribution in [3.8, 4) is 0 Å². The second-order valence-corrected chi connectivity index (χ2v) is 15.1. The molecule has 3 heteroatoms. The molecular formula is C31H50O3. The molecular weight excluding hydrogens is 420 g/mol. The summed E-state index contributed by atoms with van der Waals surface area (Å²) < 4.78 is 5.29. The largest absolute Gasteiger partial charge is 0.469 e. The maximum absolute atomic E-state index is 12.8. The summed E-state index contributed by atoms with van der Waals surface area (Å²) in [6.07, 6.45) is 13.8. The molecule has 0 bridgehead atoms. The van der Waals surface area contributed by atoms with Crippen LogP contribution in [0.4, 0.5) is 0 Å². The Morgan fingerprint density at radius 2 is 1.59 bits per heavy atom. The van der Waals surface area contributed by atoms with Crippen molar-refractivity contribution in [3.05, 3.63) is 11.6 Å². The summed E-state index contributed by atoms with van der Waals surface area (Å²) in [6.45, 7) is 17.1. The van der Waals surface area contributed by atoms with Gasteiger partial charge in [-0.3, -0.25) is 4.79 Å². The van der Waals surface area contributed by atoms with Crippen LogP contribution >= 0.6 is 0 Å². The van der Waals surface area contributed by atoms with Crippen LogP contribution in [-0.4, -0.2) is 24.3 Å². The summed E-state index contributed by atoms with van der Waals surface area (Å²) in [5, 5.41) is 10.9. The zero-order valence-electron chi connectivity index (χ0n) is 23.2. The summed E-state index contributed by atoms with van der Waals surface area (Å²) in [4.78, 5) is 12.8. The average molecular weight is 471 g/mol. The number of carbonyl (C=O) groups excluding carboxylic acids is 1. The number of esters is 1. The molecule has 0 spiro atoms. The fraction of sp³-hybridized carbons (Fsp3) is 0.903. The molecule has 4 saturated carbocycles. The van der Waals surface area contributed by atoms with Crippen molar-refractivity contribution in [2.45, 2.75) is 119 Å². The zero-order valence-corrected chi connectivity index (χ0v) is 23.2. The summed E-state index contributed by atoms with van der Waals surface area (Å²) in [5.41, 5.74) is 2.39. The summed E-state index contributed by atoms with van der Waals surface area (Å²) in [6, 6.07) is 0. The van der Waals surface area contributed by atoms with Crippen molar-refractivity contribution in [3.63, 3.8) is 0 Å². The summed E-state index contributed by atoms with van der Waals surface area (Å²) in [7, 11) is 1.56. The molecule has 4 fully saturated rings. The number of hydrogen-bond acceptors (Lipinski definition) is 3. The van der Waals surface area contributed by atoms with Gasteiger partial charge in [0.05, 0.1) is 18.6 Å². The highest BCUT2D eigenvalue weighted by atomic mass is 16.5. The third-order valence-corrected chi connectivity index (χ3v) is 13.5. The van der Waals surface area contributed by atoms with Crippen LogP contribution in [0.1, 0.15) is 113 Å². The lowest BCUT2D eigenvalue weighted by Crippen LogP contribution is -2.64. The minimum atomic E-state index is -0.358. The zero-order chi connectivity index (χ0) is 24.9. The van der Waals surface area contributed by atoms with Gasteiger partial charge < -0.3 is 9.84 Å².